The van der Waals surface area contributed by atoms with Gasteiger partial charge in [0.1, 0.15) is 6.61 Å². The van der Waals surface area contributed by atoms with E-state index in [1.807, 2.05) is 0 Å². The lowest BCUT2D eigenvalue weighted by atomic mass is 10.1. The summed E-state index contributed by atoms with van der Waals surface area (Å²) in [6.07, 6.45) is 18.8. The summed E-state index contributed by atoms with van der Waals surface area (Å²) in [5.74, 6) is -0.902. The van der Waals surface area contributed by atoms with Gasteiger partial charge in [-0.1, -0.05) is 103 Å². The zero-order valence-corrected chi connectivity index (χ0v) is 25.9. The number of unbranched alkanes of at least 4 members (excludes halogenated alkanes) is 16. The molecule has 0 fully saturated rings. The smallest absolute Gasteiger partial charge is 0.462 e. The lowest BCUT2D eigenvalue weighted by Gasteiger charge is -2.18. The molecular weight excluding hydrogens is 537 g/mol. The Labute approximate surface area is 241 Å². The van der Waals surface area contributed by atoms with Crippen LogP contribution in [-0.2, 0) is 32.9 Å². The van der Waals surface area contributed by atoms with Crippen LogP contribution in [0.2, 0.25) is 0 Å². The molecule has 10 nitrogen and oxygen atoms in total. The third-order valence-electron chi connectivity index (χ3n) is 6.57. The van der Waals surface area contributed by atoms with Crippen LogP contribution in [0.25, 0.3) is 0 Å². The molecule has 0 heterocycles. The van der Waals surface area contributed by atoms with E-state index in [9.17, 15) is 18.9 Å². The number of nitrogens with one attached hydrogen (secondary N) is 1. The highest BCUT2D eigenvalue weighted by Crippen LogP contribution is 2.35. The second kappa shape index (κ2) is 26.4. The van der Waals surface area contributed by atoms with Gasteiger partial charge >= 0.3 is 19.8 Å². The fraction of sp³-hybridized carbons (Fsp3) is 0.897. The molecule has 0 rings (SSSR count). The van der Waals surface area contributed by atoms with E-state index in [1.165, 1.54) is 58.3 Å². The molecule has 0 aromatic rings. The number of phosphoric acid groups is 1. The minimum Gasteiger partial charge on any atom is -0.462 e. The minimum atomic E-state index is -4.74. The van der Waals surface area contributed by atoms with Gasteiger partial charge in [0.25, 0.3) is 0 Å². The molecule has 0 aromatic carbocycles. The predicted octanol–water partition coefficient (Wildman–Crippen LogP) is 6.51. The first-order valence-electron chi connectivity index (χ1n) is 15.4. The Kier molecular flexibility index (Phi) is 25.4. The van der Waals surface area contributed by atoms with E-state index < -0.39 is 32.5 Å². The van der Waals surface area contributed by atoms with Crippen molar-refractivity contribution in [2.45, 2.75) is 148 Å². The molecule has 1 amide bonds. The largest absolute Gasteiger partial charge is 0.469 e. The molecular formula is C29H56NO9P. The summed E-state index contributed by atoms with van der Waals surface area (Å²) >= 11 is 0. The summed E-state index contributed by atoms with van der Waals surface area (Å²) in [6.45, 7) is 3.62. The predicted molar refractivity (Wildman–Crippen MR) is 156 cm³/mol. The Bertz CT molecular complexity index is 699. The molecule has 0 spiro atoms. The van der Waals surface area contributed by atoms with E-state index in [4.69, 9.17) is 19.3 Å². The maximum Gasteiger partial charge on any atom is 0.469 e. The van der Waals surface area contributed by atoms with Gasteiger partial charge in [0, 0.05) is 26.3 Å². The Morgan fingerprint density at radius 3 is 1.60 bits per heavy atom. The molecule has 0 aliphatic carbocycles. The highest BCUT2D eigenvalue weighted by molar-refractivity contribution is 7.46. The monoisotopic (exact) mass is 593 g/mol. The quantitative estimate of drug-likeness (QED) is 0.0524. The van der Waals surface area contributed by atoms with Crippen molar-refractivity contribution >= 4 is 25.7 Å². The van der Waals surface area contributed by atoms with Crippen LogP contribution in [0.4, 0.5) is 0 Å². The average Bonchev–Trinajstić information content (AvgIpc) is 2.89. The Morgan fingerprint density at radius 1 is 0.675 bits per heavy atom. The summed E-state index contributed by atoms with van der Waals surface area (Å²) in [5, 5.41) is 2.81. The summed E-state index contributed by atoms with van der Waals surface area (Å²) in [6, 6.07) is 0. The van der Waals surface area contributed by atoms with Crippen LogP contribution in [0.15, 0.2) is 0 Å². The number of carbonyl (C=O) groups excluding carboxylic acids is 3. The molecule has 40 heavy (non-hydrogen) atoms. The summed E-state index contributed by atoms with van der Waals surface area (Å²) < 4.78 is 26.0. The Balaban J connectivity index is 3.97. The standard InChI is InChI=1S/C29H56NO9P/c1-3-4-5-6-7-12-16-19-22-29(33)39-27(25-38-40(34,35)36)24-37-28(32)21-18-15-13-10-8-9-11-14-17-20-23-30-26(2)31/h27H,3-25H2,1-2H3,(H,30,31)(H2,34,35,36)/t27-/m1/s1. The lowest BCUT2D eigenvalue weighted by molar-refractivity contribution is -0.161. The van der Waals surface area contributed by atoms with E-state index in [0.717, 1.165) is 57.9 Å². The number of hydrogen-bond acceptors (Lipinski definition) is 7. The zero-order valence-electron chi connectivity index (χ0n) is 25.0. The van der Waals surface area contributed by atoms with Crippen LogP contribution in [0, 0.1) is 0 Å². The van der Waals surface area contributed by atoms with Gasteiger partial charge in [-0.05, 0) is 19.3 Å². The fourth-order valence-electron chi connectivity index (χ4n) is 4.28. The van der Waals surface area contributed by atoms with E-state index in [2.05, 4.69) is 16.8 Å². The summed E-state index contributed by atoms with van der Waals surface area (Å²) in [7, 11) is -4.74. The fourth-order valence-corrected chi connectivity index (χ4v) is 4.64. The van der Waals surface area contributed by atoms with Gasteiger partial charge in [-0.15, -0.1) is 0 Å². The molecule has 0 bridgehead atoms. The molecule has 0 aliphatic heterocycles. The Hall–Kier alpha value is -1.48. The Morgan fingerprint density at radius 2 is 1.12 bits per heavy atom. The van der Waals surface area contributed by atoms with E-state index in [0.29, 0.717) is 12.8 Å². The molecule has 3 N–H and O–H groups in total. The van der Waals surface area contributed by atoms with Crippen molar-refractivity contribution in [2.75, 3.05) is 19.8 Å². The molecule has 1 atom stereocenters. The van der Waals surface area contributed by atoms with Gasteiger partial charge in [-0.2, -0.15) is 0 Å². The van der Waals surface area contributed by atoms with Crippen LogP contribution < -0.4 is 5.32 Å². The van der Waals surface area contributed by atoms with E-state index in [-0.39, 0.29) is 25.4 Å². The van der Waals surface area contributed by atoms with Gasteiger partial charge in [-0.25, -0.2) is 4.57 Å². The maximum absolute atomic E-state index is 12.2. The molecule has 11 heteroatoms. The summed E-state index contributed by atoms with van der Waals surface area (Å²) in [5.41, 5.74) is 0. The average molecular weight is 594 g/mol. The topological polar surface area (TPSA) is 148 Å². The van der Waals surface area contributed by atoms with Crippen LogP contribution >= 0.6 is 7.82 Å². The second-order valence-corrected chi connectivity index (χ2v) is 11.8. The second-order valence-electron chi connectivity index (χ2n) is 10.6. The van der Waals surface area contributed by atoms with Crippen molar-refractivity contribution in [3.63, 3.8) is 0 Å². The molecule has 0 aliphatic rings. The first kappa shape index (κ1) is 38.5. The molecule has 0 saturated heterocycles. The molecule has 0 unspecified atom stereocenters. The maximum atomic E-state index is 12.2. The van der Waals surface area contributed by atoms with Gasteiger partial charge in [0.15, 0.2) is 6.10 Å². The highest BCUT2D eigenvalue weighted by Gasteiger charge is 2.22. The summed E-state index contributed by atoms with van der Waals surface area (Å²) in [4.78, 5) is 53.1. The first-order valence-corrected chi connectivity index (χ1v) is 17.0. The highest BCUT2D eigenvalue weighted by atomic mass is 31.2. The third kappa shape index (κ3) is 29.5. The van der Waals surface area contributed by atoms with Crippen LogP contribution in [0.1, 0.15) is 142 Å². The molecule has 0 aromatic heterocycles. The number of esters is 2. The van der Waals surface area contributed by atoms with Crippen LogP contribution in [-0.4, -0.2) is 53.5 Å². The van der Waals surface area contributed by atoms with Crippen molar-refractivity contribution in [3.8, 4) is 0 Å². The van der Waals surface area contributed by atoms with E-state index >= 15 is 0 Å². The van der Waals surface area contributed by atoms with Crippen LogP contribution in [0.5, 0.6) is 0 Å². The lowest BCUT2D eigenvalue weighted by Crippen LogP contribution is -2.29. The number of phosphoric ester groups is 1. The normalized spacial score (nSPS) is 12.2. The molecule has 0 saturated carbocycles. The van der Waals surface area contributed by atoms with Crippen molar-refractivity contribution in [2.24, 2.45) is 0 Å². The first-order chi connectivity index (χ1) is 19.1. The number of carbonyl (C=O) groups is 3. The number of amides is 1. The minimum absolute atomic E-state index is 0.0235. The van der Waals surface area contributed by atoms with Gasteiger partial charge in [0.05, 0.1) is 6.61 Å². The number of ether oxygens (including phenoxy) is 2. The van der Waals surface area contributed by atoms with Crippen LogP contribution in [0.3, 0.4) is 0 Å². The zero-order chi connectivity index (χ0) is 29.9. The molecule has 236 valence electrons. The molecule has 0 radical (unpaired) electrons. The van der Waals surface area contributed by atoms with Crippen molar-refractivity contribution in [1.29, 1.82) is 0 Å². The van der Waals surface area contributed by atoms with Crippen molar-refractivity contribution in [1.82, 2.24) is 5.32 Å². The van der Waals surface area contributed by atoms with Crippen molar-refractivity contribution < 1.29 is 42.7 Å². The van der Waals surface area contributed by atoms with Gasteiger partial charge in [0.2, 0.25) is 5.91 Å². The number of rotatable bonds is 28. The van der Waals surface area contributed by atoms with Gasteiger partial charge < -0.3 is 24.6 Å². The SMILES string of the molecule is CCCCCCCCCCC(=O)O[C@H](COC(=O)CCCCCCCCCCCCNC(C)=O)COP(=O)(O)O. The number of hydrogen-bond donors (Lipinski definition) is 3. The van der Waals surface area contributed by atoms with Crippen molar-refractivity contribution in [3.05, 3.63) is 0 Å². The van der Waals surface area contributed by atoms with Gasteiger partial charge in [-0.3, -0.25) is 18.9 Å². The van der Waals surface area contributed by atoms with E-state index in [1.54, 1.807) is 0 Å². The third-order valence-corrected chi connectivity index (χ3v) is 7.06.